The molecule has 1 amide bonds. The SMILES string of the molecule is Cc1nc(Nc2ccc(Cl)cc2)cc(C(=O)NC(C)c2ccccc2)n1. The number of benzene rings is 2. The lowest BCUT2D eigenvalue weighted by molar-refractivity contribution is 0.0934. The molecule has 0 aliphatic rings. The van der Waals surface area contributed by atoms with Crippen molar-refractivity contribution in [3.05, 3.63) is 82.8 Å². The predicted octanol–water partition coefficient (Wildman–Crippen LogP) is 4.67. The van der Waals surface area contributed by atoms with Gasteiger partial charge in [-0.15, -0.1) is 0 Å². The van der Waals surface area contributed by atoms with E-state index in [1.165, 1.54) is 0 Å². The molecule has 0 saturated carbocycles. The van der Waals surface area contributed by atoms with Gasteiger partial charge in [0.05, 0.1) is 6.04 Å². The Kier molecular flexibility index (Phi) is 5.49. The van der Waals surface area contributed by atoms with Gasteiger partial charge in [0.1, 0.15) is 17.3 Å². The molecule has 0 bridgehead atoms. The van der Waals surface area contributed by atoms with E-state index < -0.39 is 0 Å². The Labute approximate surface area is 157 Å². The molecule has 3 aromatic rings. The molecule has 0 radical (unpaired) electrons. The van der Waals surface area contributed by atoms with E-state index in [0.717, 1.165) is 11.3 Å². The molecule has 0 spiro atoms. The standard InChI is InChI=1S/C20H19ClN4O/c1-13(15-6-4-3-5-7-15)22-20(26)18-12-19(24-14(2)23-18)25-17-10-8-16(21)9-11-17/h3-13H,1-2H3,(H,22,26)(H,23,24,25). The van der Waals surface area contributed by atoms with Gasteiger partial charge in [0, 0.05) is 16.8 Å². The molecule has 6 heteroatoms. The van der Waals surface area contributed by atoms with Crippen molar-refractivity contribution in [3.8, 4) is 0 Å². The first kappa shape index (κ1) is 17.9. The van der Waals surface area contributed by atoms with E-state index in [0.29, 0.717) is 22.4 Å². The zero-order chi connectivity index (χ0) is 18.5. The maximum absolute atomic E-state index is 12.6. The summed E-state index contributed by atoms with van der Waals surface area (Å²) in [5.41, 5.74) is 2.18. The molecule has 0 saturated heterocycles. The molecule has 132 valence electrons. The second-order valence-electron chi connectivity index (χ2n) is 5.92. The van der Waals surface area contributed by atoms with Crippen molar-refractivity contribution >= 4 is 29.0 Å². The van der Waals surface area contributed by atoms with Gasteiger partial charge in [-0.05, 0) is 43.7 Å². The Morgan fingerprint density at radius 1 is 1.04 bits per heavy atom. The van der Waals surface area contributed by atoms with E-state index in [4.69, 9.17) is 11.6 Å². The van der Waals surface area contributed by atoms with Crippen LogP contribution in [-0.4, -0.2) is 15.9 Å². The number of hydrogen-bond donors (Lipinski definition) is 2. The Morgan fingerprint density at radius 3 is 2.42 bits per heavy atom. The summed E-state index contributed by atoms with van der Waals surface area (Å²) in [6.45, 7) is 3.69. The van der Waals surface area contributed by atoms with Crippen molar-refractivity contribution in [1.29, 1.82) is 0 Å². The second kappa shape index (κ2) is 7.97. The highest BCUT2D eigenvalue weighted by Crippen LogP contribution is 2.19. The molecule has 0 aliphatic heterocycles. The lowest BCUT2D eigenvalue weighted by Crippen LogP contribution is -2.27. The molecule has 3 rings (SSSR count). The first-order valence-corrected chi connectivity index (χ1v) is 8.63. The Balaban J connectivity index is 1.76. The van der Waals surface area contributed by atoms with Crippen LogP contribution in [0.5, 0.6) is 0 Å². The molecule has 26 heavy (non-hydrogen) atoms. The highest BCUT2D eigenvalue weighted by Gasteiger charge is 2.14. The van der Waals surface area contributed by atoms with Gasteiger partial charge in [-0.3, -0.25) is 4.79 Å². The Morgan fingerprint density at radius 2 is 1.73 bits per heavy atom. The maximum atomic E-state index is 12.6. The molecule has 2 aromatic carbocycles. The zero-order valence-electron chi connectivity index (χ0n) is 14.5. The largest absolute Gasteiger partial charge is 0.344 e. The maximum Gasteiger partial charge on any atom is 0.270 e. The average Bonchev–Trinajstić information content (AvgIpc) is 2.64. The van der Waals surface area contributed by atoms with Gasteiger partial charge >= 0.3 is 0 Å². The van der Waals surface area contributed by atoms with E-state index in [9.17, 15) is 4.79 Å². The van der Waals surface area contributed by atoms with E-state index in [-0.39, 0.29) is 11.9 Å². The molecule has 0 fully saturated rings. The number of hydrogen-bond acceptors (Lipinski definition) is 4. The summed E-state index contributed by atoms with van der Waals surface area (Å²) in [4.78, 5) is 21.2. The number of carbonyl (C=O) groups is 1. The summed E-state index contributed by atoms with van der Waals surface area (Å²) in [5.74, 6) is 0.824. The number of nitrogens with one attached hydrogen (secondary N) is 2. The molecule has 1 aromatic heterocycles. The molecule has 0 aliphatic carbocycles. The van der Waals surface area contributed by atoms with Crippen molar-refractivity contribution < 1.29 is 4.79 Å². The van der Waals surface area contributed by atoms with Crippen LogP contribution in [0.15, 0.2) is 60.7 Å². The third kappa shape index (κ3) is 4.58. The average molecular weight is 367 g/mol. The smallest absolute Gasteiger partial charge is 0.270 e. The van der Waals surface area contributed by atoms with Crippen LogP contribution in [0.1, 0.15) is 34.8 Å². The Bertz CT molecular complexity index is 897. The van der Waals surface area contributed by atoms with E-state index in [1.54, 1.807) is 25.1 Å². The van der Waals surface area contributed by atoms with Crippen LogP contribution in [0, 0.1) is 6.92 Å². The number of amides is 1. The summed E-state index contributed by atoms with van der Waals surface area (Å²) < 4.78 is 0. The normalized spacial score (nSPS) is 11.7. The first-order chi connectivity index (χ1) is 12.5. The minimum Gasteiger partial charge on any atom is -0.344 e. The van der Waals surface area contributed by atoms with E-state index in [1.807, 2.05) is 49.4 Å². The Hall–Kier alpha value is -2.92. The molecule has 5 nitrogen and oxygen atoms in total. The fourth-order valence-electron chi connectivity index (χ4n) is 2.52. The fourth-order valence-corrected chi connectivity index (χ4v) is 2.65. The lowest BCUT2D eigenvalue weighted by Gasteiger charge is -2.14. The summed E-state index contributed by atoms with van der Waals surface area (Å²) in [6, 6.07) is 18.6. The van der Waals surface area contributed by atoms with Crippen LogP contribution < -0.4 is 10.6 Å². The number of carbonyl (C=O) groups excluding carboxylic acids is 1. The molecule has 1 atom stereocenters. The van der Waals surface area contributed by atoms with Crippen molar-refractivity contribution in [2.75, 3.05) is 5.32 Å². The second-order valence-corrected chi connectivity index (χ2v) is 6.36. The quantitative estimate of drug-likeness (QED) is 0.688. The summed E-state index contributed by atoms with van der Waals surface area (Å²) in [5, 5.41) is 6.78. The highest BCUT2D eigenvalue weighted by atomic mass is 35.5. The van der Waals surface area contributed by atoms with Crippen molar-refractivity contribution in [1.82, 2.24) is 15.3 Å². The molecule has 1 heterocycles. The van der Waals surface area contributed by atoms with Crippen LogP contribution in [0.25, 0.3) is 0 Å². The van der Waals surface area contributed by atoms with Gasteiger partial charge < -0.3 is 10.6 Å². The van der Waals surface area contributed by atoms with Gasteiger partial charge in [0.15, 0.2) is 0 Å². The molecule has 2 N–H and O–H groups in total. The minimum atomic E-state index is -0.244. The lowest BCUT2D eigenvalue weighted by atomic mass is 10.1. The van der Waals surface area contributed by atoms with Gasteiger partial charge in [-0.1, -0.05) is 41.9 Å². The van der Waals surface area contributed by atoms with Gasteiger partial charge in [-0.2, -0.15) is 0 Å². The highest BCUT2D eigenvalue weighted by molar-refractivity contribution is 6.30. The zero-order valence-corrected chi connectivity index (χ0v) is 15.3. The summed E-state index contributed by atoms with van der Waals surface area (Å²) in [6.07, 6.45) is 0. The van der Waals surface area contributed by atoms with Crippen LogP contribution >= 0.6 is 11.6 Å². The summed E-state index contributed by atoms with van der Waals surface area (Å²) >= 11 is 5.90. The van der Waals surface area contributed by atoms with Gasteiger partial charge in [0.25, 0.3) is 5.91 Å². The van der Waals surface area contributed by atoms with Crippen LogP contribution in [0.4, 0.5) is 11.5 Å². The molecular formula is C20H19ClN4O. The van der Waals surface area contributed by atoms with Crippen molar-refractivity contribution in [2.24, 2.45) is 0 Å². The fraction of sp³-hybridized carbons (Fsp3) is 0.150. The third-order valence-electron chi connectivity index (χ3n) is 3.83. The van der Waals surface area contributed by atoms with Gasteiger partial charge in [0.2, 0.25) is 0 Å². The van der Waals surface area contributed by atoms with Crippen molar-refractivity contribution in [3.63, 3.8) is 0 Å². The topological polar surface area (TPSA) is 66.9 Å². The van der Waals surface area contributed by atoms with Gasteiger partial charge in [-0.25, -0.2) is 9.97 Å². The van der Waals surface area contributed by atoms with E-state index in [2.05, 4.69) is 20.6 Å². The number of halogens is 1. The van der Waals surface area contributed by atoms with Crippen LogP contribution in [0.3, 0.4) is 0 Å². The number of rotatable bonds is 5. The summed E-state index contributed by atoms with van der Waals surface area (Å²) in [7, 11) is 0. The first-order valence-electron chi connectivity index (χ1n) is 8.25. The third-order valence-corrected chi connectivity index (χ3v) is 4.09. The van der Waals surface area contributed by atoms with Crippen LogP contribution in [0.2, 0.25) is 5.02 Å². The molecule has 1 unspecified atom stereocenters. The molecular weight excluding hydrogens is 348 g/mol. The number of anilines is 2. The minimum absolute atomic E-state index is 0.119. The number of nitrogens with zero attached hydrogens (tertiary/aromatic N) is 2. The number of aromatic nitrogens is 2. The monoisotopic (exact) mass is 366 g/mol. The number of aryl methyl sites for hydroxylation is 1. The van der Waals surface area contributed by atoms with Crippen LogP contribution in [-0.2, 0) is 0 Å². The van der Waals surface area contributed by atoms with E-state index >= 15 is 0 Å². The van der Waals surface area contributed by atoms with Crippen molar-refractivity contribution in [2.45, 2.75) is 19.9 Å². The predicted molar refractivity (Wildman–Crippen MR) is 104 cm³/mol.